The van der Waals surface area contributed by atoms with Crippen LogP contribution in [0.4, 0.5) is 0 Å². The average molecular weight is 444 g/mol. The Morgan fingerprint density at radius 3 is 2.67 bits per heavy atom. The van der Waals surface area contributed by atoms with Crippen LogP contribution >= 0.6 is 0 Å². The maximum Gasteiger partial charge on any atom is 0.271 e. The highest BCUT2D eigenvalue weighted by Gasteiger charge is 2.42. The van der Waals surface area contributed by atoms with Gasteiger partial charge in [0.1, 0.15) is 5.69 Å². The smallest absolute Gasteiger partial charge is 0.271 e. The van der Waals surface area contributed by atoms with Crippen LogP contribution in [0.2, 0.25) is 0 Å². The second-order valence-corrected chi connectivity index (χ2v) is 10.1. The minimum absolute atomic E-state index is 0.137. The first kappa shape index (κ1) is 20.9. The molecule has 33 heavy (non-hydrogen) atoms. The van der Waals surface area contributed by atoms with Gasteiger partial charge >= 0.3 is 0 Å². The Labute approximate surface area is 195 Å². The first-order valence-electron chi connectivity index (χ1n) is 12.4. The van der Waals surface area contributed by atoms with Crippen molar-refractivity contribution in [1.29, 1.82) is 0 Å². The van der Waals surface area contributed by atoms with E-state index in [1.165, 1.54) is 41.3 Å². The van der Waals surface area contributed by atoms with Crippen LogP contribution in [0.1, 0.15) is 64.5 Å². The number of fused-ring (bicyclic) bond motifs is 3. The Kier molecular flexibility index (Phi) is 5.27. The molecule has 5 heteroatoms. The van der Waals surface area contributed by atoms with Gasteiger partial charge in [0.25, 0.3) is 5.91 Å². The van der Waals surface area contributed by atoms with Gasteiger partial charge in [-0.05, 0) is 62.4 Å². The van der Waals surface area contributed by atoms with E-state index in [0.29, 0.717) is 19.2 Å². The molecule has 5 nitrogen and oxygen atoms in total. The van der Waals surface area contributed by atoms with E-state index >= 15 is 0 Å². The van der Waals surface area contributed by atoms with Crippen molar-refractivity contribution in [2.24, 2.45) is 0 Å². The fourth-order valence-corrected chi connectivity index (χ4v) is 6.40. The van der Waals surface area contributed by atoms with Gasteiger partial charge in [-0.15, -0.1) is 0 Å². The second kappa shape index (κ2) is 8.30. The van der Waals surface area contributed by atoms with E-state index < -0.39 is 0 Å². The number of aromatic nitrogens is 1. The average Bonchev–Trinajstić information content (AvgIpc) is 3.54. The Bertz CT molecular complexity index is 1180. The van der Waals surface area contributed by atoms with Crippen LogP contribution in [0.15, 0.2) is 42.5 Å². The van der Waals surface area contributed by atoms with E-state index in [2.05, 4.69) is 60.1 Å². The number of carbonyl (C=O) groups is 1. The summed E-state index contributed by atoms with van der Waals surface area (Å²) in [4.78, 5) is 21.9. The van der Waals surface area contributed by atoms with Crippen molar-refractivity contribution in [1.82, 2.24) is 14.8 Å². The number of para-hydroxylation sites is 1. The fraction of sp³-hybridized carbons (Fsp3) is 0.464. The van der Waals surface area contributed by atoms with Gasteiger partial charge in [0, 0.05) is 35.6 Å². The summed E-state index contributed by atoms with van der Waals surface area (Å²) in [6, 6.07) is 15.6. The van der Waals surface area contributed by atoms with Gasteiger partial charge in [0.15, 0.2) is 0 Å². The molecule has 0 radical (unpaired) electrons. The fourth-order valence-electron chi connectivity index (χ4n) is 6.40. The summed E-state index contributed by atoms with van der Waals surface area (Å²) in [7, 11) is 0. The highest BCUT2D eigenvalue weighted by molar-refractivity contribution is 6.01. The molecule has 0 aliphatic carbocycles. The number of ether oxygens (including phenoxy) is 1. The number of H-pyrrole nitrogens is 1. The van der Waals surface area contributed by atoms with Gasteiger partial charge in [-0.25, -0.2) is 0 Å². The SMILES string of the molecule is Cc1cccc(C)c1[C@@H]1CCCCN1Cc1c(C(=O)N2C[C@@H]3C[C@H]2CO3)[nH]c2ccccc12. The van der Waals surface area contributed by atoms with E-state index in [-0.39, 0.29) is 18.1 Å². The van der Waals surface area contributed by atoms with Crippen molar-refractivity contribution >= 4 is 16.8 Å². The third kappa shape index (κ3) is 3.58. The lowest BCUT2D eigenvalue weighted by molar-refractivity contribution is 0.0254. The van der Waals surface area contributed by atoms with Crippen molar-refractivity contribution in [3.05, 3.63) is 70.4 Å². The standard InChI is InChI=1S/C28H33N3O2/c1-18-8-7-9-19(2)26(18)25-12-5-6-13-30(25)16-23-22-10-3-4-11-24(22)29-27(23)28(32)31-15-21-14-20(31)17-33-21/h3-4,7-11,20-21,25,29H,5-6,12-17H2,1-2H3/t20-,21-,25-/m0/s1. The summed E-state index contributed by atoms with van der Waals surface area (Å²) in [6.07, 6.45) is 4.82. The zero-order valence-electron chi connectivity index (χ0n) is 19.6. The third-order valence-corrected chi connectivity index (χ3v) is 8.04. The number of nitrogens with one attached hydrogen (secondary N) is 1. The Morgan fingerprint density at radius 1 is 1.09 bits per heavy atom. The number of piperidine rings is 1. The van der Waals surface area contributed by atoms with Gasteiger partial charge in [-0.1, -0.05) is 42.8 Å². The Hall–Kier alpha value is -2.63. The molecule has 1 N–H and O–H groups in total. The van der Waals surface area contributed by atoms with Crippen molar-refractivity contribution in [2.75, 3.05) is 19.7 Å². The largest absolute Gasteiger partial charge is 0.374 e. The molecule has 2 bridgehead atoms. The first-order valence-corrected chi connectivity index (χ1v) is 12.4. The highest BCUT2D eigenvalue weighted by Crippen LogP contribution is 2.38. The summed E-state index contributed by atoms with van der Waals surface area (Å²) in [5.74, 6) is 0.137. The lowest BCUT2D eigenvalue weighted by Gasteiger charge is -2.38. The molecule has 0 spiro atoms. The number of aryl methyl sites for hydroxylation is 2. The summed E-state index contributed by atoms with van der Waals surface area (Å²) in [6.45, 7) is 7.72. The Morgan fingerprint density at radius 2 is 1.91 bits per heavy atom. The number of benzene rings is 2. The predicted molar refractivity (Wildman–Crippen MR) is 130 cm³/mol. The maximum atomic E-state index is 13.7. The van der Waals surface area contributed by atoms with E-state index in [1.54, 1.807) is 0 Å². The van der Waals surface area contributed by atoms with Crippen molar-refractivity contribution < 1.29 is 9.53 Å². The normalized spacial score (nSPS) is 25.3. The second-order valence-electron chi connectivity index (χ2n) is 10.1. The number of rotatable bonds is 4. The Balaban J connectivity index is 1.38. The van der Waals surface area contributed by atoms with Crippen LogP contribution in [-0.4, -0.2) is 52.5 Å². The van der Waals surface area contributed by atoms with Crippen molar-refractivity contribution in [3.63, 3.8) is 0 Å². The molecular formula is C28H33N3O2. The molecule has 3 aliphatic heterocycles. The van der Waals surface area contributed by atoms with Crippen LogP contribution < -0.4 is 0 Å². The number of aromatic amines is 1. The predicted octanol–water partition coefficient (Wildman–Crippen LogP) is 5.13. The summed E-state index contributed by atoms with van der Waals surface area (Å²) >= 11 is 0. The number of hydrogen-bond acceptors (Lipinski definition) is 3. The molecule has 0 unspecified atom stereocenters. The maximum absolute atomic E-state index is 13.7. The van der Waals surface area contributed by atoms with Crippen LogP contribution in [0.25, 0.3) is 10.9 Å². The zero-order valence-corrected chi connectivity index (χ0v) is 19.6. The van der Waals surface area contributed by atoms with Crippen molar-refractivity contribution in [2.45, 2.75) is 64.3 Å². The molecule has 3 atom stereocenters. The highest BCUT2D eigenvalue weighted by atomic mass is 16.5. The van der Waals surface area contributed by atoms with Crippen LogP contribution in [0.3, 0.4) is 0 Å². The van der Waals surface area contributed by atoms with E-state index in [4.69, 9.17) is 4.74 Å². The van der Waals surface area contributed by atoms with Crippen LogP contribution in [0.5, 0.6) is 0 Å². The van der Waals surface area contributed by atoms with Crippen molar-refractivity contribution in [3.8, 4) is 0 Å². The van der Waals surface area contributed by atoms with Gasteiger partial charge in [0.2, 0.25) is 0 Å². The molecule has 3 fully saturated rings. The molecule has 3 aliphatic rings. The molecule has 1 aromatic heterocycles. The molecule has 172 valence electrons. The monoisotopic (exact) mass is 443 g/mol. The van der Waals surface area contributed by atoms with Crippen LogP contribution in [0, 0.1) is 13.8 Å². The van der Waals surface area contributed by atoms with E-state index in [1.807, 2.05) is 11.0 Å². The number of nitrogens with zero attached hydrogens (tertiary/aromatic N) is 2. The number of carbonyl (C=O) groups excluding carboxylic acids is 1. The first-order chi connectivity index (χ1) is 16.1. The number of morpholine rings is 1. The lowest BCUT2D eigenvalue weighted by Crippen LogP contribution is -2.42. The van der Waals surface area contributed by atoms with Gasteiger partial charge < -0.3 is 14.6 Å². The number of amides is 1. The van der Waals surface area contributed by atoms with E-state index in [0.717, 1.165) is 36.3 Å². The molecule has 2 aromatic carbocycles. The lowest BCUT2D eigenvalue weighted by atomic mass is 9.88. The van der Waals surface area contributed by atoms with E-state index in [9.17, 15) is 4.79 Å². The summed E-state index contributed by atoms with van der Waals surface area (Å²) < 4.78 is 5.75. The van der Waals surface area contributed by atoms with Gasteiger partial charge in [0.05, 0.1) is 18.8 Å². The van der Waals surface area contributed by atoms with Gasteiger partial charge in [-0.2, -0.15) is 0 Å². The molecule has 1 amide bonds. The van der Waals surface area contributed by atoms with Crippen LogP contribution in [-0.2, 0) is 11.3 Å². The molecule has 6 rings (SSSR count). The quantitative estimate of drug-likeness (QED) is 0.608. The topological polar surface area (TPSA) is 48.6 Å². The molecule has 3 aromatic rings. The zero-order chi connectivity index (χ0) is 22.5. The number of likely N-dealkylation sites (tertiary alicyclic amines) is 2. The summed E-state index contributed by atoms with van der Waals surface area (Å²) in [5, 5.41) is 1.17. The molecular weight excluding hydrogens is 410 g/mol. The molecule has 3 saturated heterocycles. The number of hydrogen-bond donors (Lipinski definition) is 1. The minimum atomic E-state index is 0.137. The minimum Gasteiger partial charge on any atom is -0.374 e. The molecule has 0 saturated carbocycles. The third-order valence-electron chi connectivity index (χ3n) is 8.04. The molecule has 4 heterocycles. The summed E-state index contributed by atoms with van der Waals surface area (Å²) in [5.41, 5.74) is 7.19. The van der Waals surface area contributed by atoms with Gasteiger partial charge in [-0.3, -0.25) is 9.69 Å².